The zero-order valence-electron chi connectivity index (χ0n) is 12.8. The summed E-state index contributed by atoms with van der Waals surface area (Å²) in [7, 11) is 0. The summed E-state index contributed by atoms with van der Waals surface area (Å²) in [6, 6.07) is 18.0. The van der Waals surface area contributed by atoms with Crippen molar-refractivity contribution in [3.8, 4) is 11.5 Å². The number of rotatable bonds is 5. The minimum absolute atomic E-state index is 0.703. The Morgan fingerprint density at radius 2 is 1.86 bits per heavy atom. The van der Waals surface area contributed by atoms with E-state index in [0.717, 1.165) is 40.9 Å². The van der Waals surface area contributed by atoms with Gasteiger partial charge in [0, 0.05) is 11.1 Å². The molecular formula is C19H20N2O. The summed E-state index contributed by atoms with van der Waals surface area (Å²) in [4.78, 5) is 4.76. The zero-order valence-corrected chi connectivity index (χ0v) is 12.8. The molecule has 1 heterocycles. The summed E-state index contributed by atoms with van der Waals surface area (Å²) in [5, 5.41) is 1.10. The van der Waals surface area contributed by atoms with E-state index in [4.69, 9.17) is 15.5 Å². The first-order valence-electron chi connectivity index (χ1n) is 7.60. The summed E-state index contributed by atoms with van der Waals surface area (Å²) >= 11 is 0. The summed E-state index contributed by atoms with van der Waals surface area (Å²) in [6.45, 7) is 2.75. The van der Waals surface area contributed by atoms with E-state index in [1.165, 1.54) is 5.56 Å². The number of aromatic nitrogens is 1. The van der Waals surface area contributed by atoms with Crippen molar-refractivity contribution in [2.24, 2.45) is 5.73 Å². The lowest BCUT2D eigenvalue weighted by Crippen LogP contribution is -2.02. The number of fused-ring (bicyclic) bond motifs is 1. The number of hydrogen-bond acceptors (Lipinski definition) is 3. The first-order valence-corrected chi connectivity index (χ1v) is 7.60. The molecule has 0 saturated heterocycles. The smallest absolute Gasteiger partial charge is 0.153 e. The van der Waals surface area contributed by atoms with Crippen molar-refractivity contribution in [3.63, 3.8) is 0 Å². The van der Waals surface area contributed by atoms with Crippen LogP contribution >= 0.6 is 0 Å². The Morgan fingerprint density at radius 1 is 1.05 bits per heavy atom. The van der Waals surface area contributed by atoms with E-state index in [1.807, 2.05) is 49.4 Å². The van der Waals surface area contributed by atoms with Gasteiger partial charge in [-0.2, -0.15) is 0 Å². The van der Waals surface area contributed by atoms with Crippen molar-refractivity contribution in [2.75, 3.05) is 6.54 Å². The van der Waals surface area contributed by atoms with E-state index in [0.29, 0.717) is 6.54 Å². The highest BCUT2D eigenvalue weighted by molar-refractivity contribution is 5.85. The number of para-hydroxylation sites is 2. The van der Waals surface area contributed by atoms with Crippen LogP contribution in [-0.4, -0.2) is 11.5 Å². The van der Waals surface area contributed by atoms with Crippen molar-refractivity contribution < 1.29 is 4.74 Å². The van der Waals surface area contributed by atoms with Gasteiger partial charge in [0.05, 0.1) is 0 Å². The molecule has 0 amide bonds. The number of hydrogen-bond donors (Lipinski definition) is 1. The van der Waals surface area contributed by atoms with Crippen LogP contribution in [0.15, 0.2) is 54.6 Å². The molecule has 3 heteroatoms. The maximum absolute atomic E-state index is 5.99. The first-order chi connectivity index (χ1) is 10.8. The van der Waals surface area contributed by atoms with Crippen LogP contribution in [0.1, 0.15) is 17.7 Å². The molecule has 2 N–H and O–H groups in total. The van der Waals surface area contributed by atoms with Gasteiger partial charge >= 0.3 is 0 Å². The van der Waals surface area contributed by atoms with Crippen molar-refractivity contribution in [2.45, 2.75) is 19.8 Å². The van der Waals surface area contributed by atoms with Crippen LogP contribution in [-0.2, 0) is 6.42 Å². The van der Waals surface area contributed by atoms with E-state index >= 15 is 0 Å². The Labute approximate surface area is 130 Å². The highest BCUT2D eigenvalue weighted by atomic mass is 16.5. The fourth-order valence-electron chi connectivity index (χ4n) is 2.55. The van der Waals surface area contributed by atoms with E-state index < -0.39 is 0 Å². The molecule has 3 nitrogen and oxygen atoms in total. The second-order valence-electron chi connectivity index (χ2n) is 5.37. The number of nitrogens with zero attached hydrogens (tertiary/aromatic N) is 1. The highest BCUT2D eigenvalue weighted by Crippen LogP contribution is 2.29. The van der Waals surface area contributed by atoms with Crippen LogP contribution in [0.2, 0.25) is 0 Å². The van der Waals surface area contributed by atoms with Gasteiger partial charge in [0.2, 0.25) is 0 Å². The third kappa shape index (κ3) is 3.10. The van der Waals surface area contributed by atoms with Gasteiger partial charge in [0.15, 0.2) is 5.75 Å². The second-order valence-corrected chi connectivity index (χ2v) is 5.37. The highest BCUT2D eigenvalue weighted by Gasteiger charge is 2.08. The van der Waals surface area contributed by atoms with Crippen LogP contribution in [0.25, 0.3) is 10.9 Å². The first kappa shape index (κ1) is 14.5. The molecule has 0 radical (unpaired) electrons. The third-order valence-corrected chi connectivity index (χ3v) is 3.73. The Bertz CT molecular complexity index is 769. The molecule has 3 rings (SSSR count). The molecule has 112 valence electrons. The van der Waals surface area contributed by atoms with E-state index in [1.54, 1.807) is 0 Å². The quantitative estimate of drug-likeness (QED) is 0.765. The van der Waals surface area contributed by atoms with E-state index in [-0.39, 0.29) is 0 Å². The number of benzene rings is 2. The predicted octanol–water partition coefficient (Wildman–Crippen LogP) is 4.23. The second kappa shape index (κ2) is 6.58. The largest absolute Gasteiger partial charge is 0.455 e. The molecule has 0 aliphatic heterocycles. The van der Waals surface area contributed by atoms with Crippen molar-refractivity contribution in [1.29, 1.82) is 0 Å². The summed E-state index contributed by atoms with van der Waals surface area (Å²) in [5.41, 5.74) is 8.82. The zero-order chi connectivity index (χ0) is 15.4. The summed E-state index contributed by atoms with van der Waals surface area (Å²) in [5.74, 6) is 1.61. The minimum atomic E-state index is 0.703. The number of pyridine rings is 1. The molecule has 0 unspecified atom stereocenters. The Morgan fingerprint density at radius 3 is 2.64 bits per heavy atom. The lowest BCUT2D eigenvalue weighted by Gasteiger charge is -2.11. The minimum Gasteiger partial charge on any atom is -0.455 e. The van der Waals surface area contributed by atoms with Crippen molar-refractivity contribution in [1.82, 2.24) is 4.98 Å². The van der Waals surface area contributed by atoms with Crippen molar-refractivity contribution >= 4 is 10.9 Å². The van der Waals surface area contributed by atoms with Crippen LogP contribution in [0.5, 0.6) is 11.5 Å². The van der Waals surface area contributed by atoms with Gasteiger partial charge in [-0.15, -0.1) is 0 Å². The predicted molar refractivity (Wildman–Crippen MR) is 90.4 cm³/mol. The number of aryl methyl sites for hydroxylation is 2. The summed E-state index contributed by atoms with van der Waals surface area (Å²) in [6.07, 6.45) is 1.95. The van der Waals surface area contributed by atoms with Crippen molar-refractivity contribution in [3.05, 3.63) is 65.9 Å². The maximum atomic E-state index is 5.99. The average Bonchev–Trinajstić information content (AvgIpc) is 2.54. The standard InChI is InChI=1S/C19H20N2O/c1-14-15(8-6-12-20)13-16-7-5-11-18(19(16)21-14)22-17-9-3-2-4-10-17/h2-5,7,9-11,13H,6,8,12,20H2,1H3. The molecule has 0 fully saturated rings. The molecule has 0 aliphatic rings. The van der Waals surface area contributed by atoms with Crippen LogP contribution in [0.4, 0.5) is 0 Å². The average molecular weight is 292 g/mol. The van der Waals surface area contributed by atoms with Gasteiger partial charge in [-0.25, -0.2) is 4.98 Å². The molecule has 0 bridgehead atoms. The lowest BCUT2D eigenvalue weighted by atomic mass is 10.0. The molecule has 3 aromatic rings. The van der Waals surface area contributed by atoms with Gasteiger partial charge in [0.1, 0.15) is 11.3 Å². The Balaban J connectivity index is 1.99. The monoisotopic (exact) mass is 292 g/mol. The Hall–Kier alpha value is -2.39. The molecule has 0 atom stereocenters. The van der Waals surface area contributed by atoms with Gasteiger partial charge in [-0.05, 0) is 56.1 Å². The fraction of sp³-hybridized carbons (Fsp3) is 0.211. The third-order valence-electron chi connectivity index (χ3n) is 3.73. The van der Waals surface area contributed by atoms with E-state index in [2.05, 4.69) is 12.1 Å². The lowest BCUT2D eigenvalue weighted by molar-refractivity contribution is 0.487. The Kier molecular flexibility index (Phi) is 4.35. The van der Waals surface area contributed by atoms with Gasteiger partial charge < -0.3 is 10.5 Å². The van der Waals surface area contributed by atoms with Crippen LogP contribution in [0, 0.1) is 6.92 Å². The molecule has 0 aliphatic carbocycles. The SMILES string of the molecule is Cc1nc2c(Oc3ccccc3)cccc2cc1CCCN. The molecule has 0 saturated carbocycles. The van der Waals surface area contributed by atoms with Gasteiger partial charge in [0.25, 0.3) is 0 Å². The number of ether oxygens (including phenoxy) is 1. The van der Waals surface area contributed by atoms with Crippen LogP contribution in [0.3, 0.4) is 0 Å². The normalized spacial score (nSPS) is 10.8. The summed E-state index contributed by atoms with van der Waals surface area (Å²) < 4.78 is 5.99. The fourth-order valence-corrected chi connectivity index (χ4v) is 2.55. The molecule has 1 aromatic heterocycles. The topological polar surface area (TPSA) is 48.1 Å². The van der Waals surface area contributed by atoms with Crippen LogP contribution < -0.4 is 10.5 Å². The van der Waals surface area contributed by atoms with E-state index in [9.17, 15) is 0 Å². The van der Waals surface area contributed by atoms with Gasteiger partial charge in [-0.1, -0.05) is 30.3 Å². The molecule has 0 spiro atoms. The molecule has 22 heavy (non-hydrogen) atoms. The van der Waals surface area contributed by atoms with Gasteiger partial charge in [-0.3, -0.25) is 0 Å². The maximum Gasteiger partial charge on any atom is 0.153 e. The molecule has 2 aromatic carbocycles. The molecular weight excluding hydrogens is 272 g/mol. The number of nitrogens with two attached hydrogens (primary N) is 1.